The lowest BCUT2D eigenvalue weighted by molar-refractivity contribution is -0.146. The molecule has 1 fully saturated rings. The van der Waals surface area contributed by atoms with E-state index in [-0.39, 0.29) is 5.91 Å². The van der Waals surface area contributed by atoms with Crippen molar-refractivity contribution in [1.82, 2.24) is 10.6 Å². The summed E-state index contributed by atoms with van der Waals surface area (Å²) >= 11 is 0. The fourth-order valence-electron chi connectivity index (χ4n) is 3.08. The van der Waals surface area contributed by atoms with Crippen LogP contribution >= 0.6 is 0 Å². The Hall–Kier alpha value is -1.79. The zero-order valence-corrected chi connectivity index (χ0v) is 13.5. The number of hydrogen-bond donors (Lipinski definition) is 2. The van der Waals surface area contributed by atoms with Crippen LogP contribution in [-0.4, -0.2) is 51.5 Å². The molecular formula is C17H24N2O4. The van der Waals surface area contributed by atoms with Crippen LogP contribution in [0.15, 0.2) is 18.2 Å². The first-order valence-electron chi connectivity index (χ1n) is 8.16. The van der Waals surface area contributed by atoms with E-state index < -0.39 is 5.60 Å². The minimum atomic E-state index is -0.682. The summed E-state index contributed by atoms with van der Waals surface area (Å²) in [5.41, 5.74) is 0.434. The molecular weight excluding hydrogens is 296 g/mol. The third-order valence-electron chi connectivity index (χ3n) is 4.52. The third-order valence-corrected chi connectivity index (χ3v) is 4.52. The Kier molecular flexibility index (Phi) is 5.03. The highest BCUT2D eigenvalue weighted by Gasteiger charge is 2.39. The van der Waals surface area contributed by atoms with Gasteiger partial charge in [0, 0.05) is 13.7 Å². The Balaban J connectivity index is 1.53. The molecule has 23 heavy (non-hydrogen) atoms. The fourth-order valence-corrected chi connectivity index (χ4v) is 3.08. The lowest BCUT2D eigenvalue weighted by atomic mass is 9.91. The maximum absolute atomic E-state index is 12.5. The monoisotopic (exact) mass is 320 g/mol. The van der Waals surface area contributed by atoms with Gasteiger partial charge in [0.25, 0.3) is 5.91 Å². The second-order valence-corrected chi connectivity index (χ2v) is 5.93. The quantitative estimate of drug-likeness (QED) is 0.843. The molecule has 0 atom stereocenters. The molecule has 6 heteroatoms. The van der Waals surface area contributed by atoms with E-state index in [2.05, 4.69) is 10.6 Å². The minimum Gasteiger partial charge on any atom is -0.486 e. The molecule has 1 saturated heterocycles. The normalized spacial score (nSPS) is 19.2. The Morgan fingerprint density at radius 2 is 2.00 bits per heavy atom. The van der Waals surface area contributed by atoms with E-state index in [1.807, 2.05) is 18.2 Å². The van der Waals surface area contributed by atoms with E-state index >= 15 is 0 Å². The molecule has 1 aromatic rings. The second kappa shape index (κ2) is 7.19. The summed E-state index contributed by atoms with van der Waals surface area (Å²) < 4.78 is 16.6. The van der Waals surface area contributed by atoms with E-state index in [1.165, 1.54) is 0 Å². The number of amides is 1. The summed E-state index contributed by atoms with van der Waals surface area (Å²) in [6, 6.07) is 5.92. The van der Waals surface area contributed by atoms with Gasteiger partial charge in [-0.2, -0.15) is 0 Å². The molecule has 0 radical (unpaired) electrons. The SMILES string of the molecule is COC1(C(=O)NCCc2ccc3c(c2)OCCO3)CCNCC1. The second-order valence-electron chi connectivity index (χ2n) is 5.93. The summed E-state index contributed by atoms with van der Waals surface area (Å²) in [5, 5.41) is 6.26. The molecule has 0 bridgehead atoms. The van der Waals surface area contributed by atoms with Crippen LogP contribution < -0.4 is 20.1 Å². The Bertz CT molecular complexity index is 556. The van der Waals surface area contributed by atoms with Crippen molar-refractivity contribution in [2.24, 2.45) is 0 Å². The van der Waals surface area contributed by atoms with Gasteiger partial charge in [0.2, 0.25) is 0 Å². The van der Waals surface area contributed by atoms with Crippen LogP contribution in [-0.2, 0) is 16.0 Å². The molecule has 0 saturated carbocycles. The van der Waals surface area contributed by atoms with Crippen molar-refractivity contribution in [2.75, 3.05) is 40.0 Å². The number of hydrogen-bond acceptors (Lipinski definition) is 5. The lowest BCUT2D eigenvalue weighted by Gasteiger charge is -2.34. The minimum absolute atomic E-state index is 0.0148. The van der Waals surface area contributed by atoms with Crippen LogP contribution in [0.5, 0.6) is 11.5 Å². The van der Waals surface area contributed by atoms with Crippen molar-refractivity contribution in [3.63, 3.8) is 0 Å². The van der Waals surface area contributed by atoms with Gasteiger partial charge < -0.3 is 24.8 Å². The van der Waals surface area contributed by atoms with E-state index in [4.69, 9.17) is 14.2 Å². The zero-order chi connectivity index (χ0) is 16.1. The van der Waals surface area contributed by atoms with Crippen LogP contribution in [0.25, 0.3) is 0 Å². The van der Waals surface area contributed by atoms with Crippen molar-refractivity contribution in [1.29, 1.82) is 0 Å². The van der Waals surface area contributed by atoms with Crippen LogP contribution in [0.2, 0.25) is 0 Å². The van der Waals surface area contributed by atoms with Crippen molar-refractivity contribution in [3.8, 4) is 11.5 Å². The maximum Gasteiger partial charge on any atom is 0.252 e. The number of nitrogens with one attached hydrogen (secondary N) is 2. The van der Waals surface area contributed by atoms with Gasteiger partial charge in [-0.15, -0.1) is 0 Å². The van der Waals surface area contributed by atoms with Gasteiger partial charge in [-0.3, -0.25) is 4.79 Å². The molecule has 1 amide bonds. The largest absolute Gasteiger partial charge is 0.486 e. The summed E-state index contributed by atoms with van der Waals surface area (Å²) in [7, 11) is 1.62. The average molecular weight is 320 g/mol. The predicted molar refractivity (Wildman–Crippen MR) is 86.0 cm³/mol. The smallest absolute Gasteiger partial charge is 0.252 e. The Morgan fingerprint density at radius 3 is 2.74 bits per heavy atom. The molecule has 0 spiro atoms. The first kappa shape index (κ1) is 16.1. The van der Waals surface area contributed by atoms with Gasteiger partial charge >= 0.3 is 0 Å². The van der Waals surface area contributed by atoms with Crippen LogP contribution in [0.3, 0.4) is 0 Å². The molecule has 1 aromatic carbocycles. The van der Waals surface area contributed by atoms with Crippen molar-refractivity contribution in [2.45, 2.75) is 24.9 Å². The van der Waals surface area contributed by atoms with Gasteiger partial charge in [0.1, 0.15) is 18.8 Å². The molecule has 0 aromatic heterocycles. The van der Waals surface area contributed by atoms with Crippen molar-refractivity contribution >= 4 is 5.91 Å². The first-order valence-corrected chi connectivity index (χ1v) is 8.16. The molecule has 126 valence electrons. The van der Waals surface area contributed by atoms with E-state index in [1.54, 1.807) is 7.11 Å². The van der Waals surface area contributed by atoms with E-state index in [9.17, 15) is 4.79 Å². The molecule has 2 N–H and O–H groups in total. The van der Waals surface area contributed by atoms with E-state index in [0.29, 0.717) is 32.6 Å². The number of benzene rings is 1. The van der Waals surface area contributed by atoms with Crippen molar-refractivity contribution in [3.05, 3.63) is 23.8 Å². The molecule has 2 heterocycles. The number of piperidine rings is 1. The highest BCUT2D eigenvalue weighted by molar-refractivity contribution is 5.85. The van der Waals surface area contributed by atoms with Crippen LogP contribution in [0.1, 0.15) is 18.4 Å². The molecule has 0 aliphatic carbocycles. The fraction of sp³-hybridized carbons (Fsp3) is 0.588. The summed E-state index contributed by atoms with van der Waals surface area (Å²) in [6.07, 6.45) is 2.17. The van der Waals surface area contributed by atoms with Gasteiger partial charge in [0.05, 0.1) is 0 Å². The molecule has 3 rings (SSSR count). The van der Waals surface area contributed by atoms with Gasteiger partial charge in [0.15, 0.2) is 11.5 Å². The third kappa shape index (κ3) is 3.59. The maximum atomic E-state index is 12.5. The number of ether oxygens (including phenoxy) is 3. The number of fused-ring (bicyclic) bond motifs is 1. The summed E-state index contributed by atoms with van der Waals surface area (Å²) in [5.74, 6) is 1.56. The van der Waals surface area contributed by atoms with Crippen LogP contribution in [0, 0.1) is 0 Å². The standard InChI is InChI=1S/C17H24N2O4/c1-21-17(5-8-18-9-6-17)16(20)19-7-4-13-2-3-14-15(12-13)23-11-10-22-14/h2-3,12,18H,4-11H2,1H3,(H,19,20). The summed E-state index contributed by atoms with van der Waals surface area (Å²) in [6.45, 7) is 3.37. The molecule has 6 nitrogen and oxygen atoms in total. The average Bonchev–Trinajstić information content (AvgIpc) is 2.62. The summed E-state index contributed by atoms with van der Waals surface area (Å²) in [4.78, 5) is 12.5. The van der Waals surface area contributed by atoms with E-state index in [0.717, 1.165) is 36.6 Å². The Labute approximate surface area is 136 Å². The number of carbonyl (C=O) groups excluding carboxylic acids is 1. The first-order chi connectivity index (χ1) is 11.2. The molecule has 2 aliphatic heterocycles. The van der Waals surface area contributed by atoms with Gasteiger partial charge in [-0.25, -0.2) is 0 Å². The zero-order valence-electron chi connectivity index (χ0n) is 13.5. The number of carbonyl (C=O) groups is 1. The van der Waals surface area contributed by atoms with Crippen LogP contribution in [0.4, 0.5) is 0 Å². The van der Waals surface area contributed by atoms with Crippen molar-refractivity contribution < 1.29 is 19.0 Å². The topological polar surface area (TPSA) is 68.8 Å². The molecule has 2 aliphatic rings. The van der Waals surface area contributed by atoms with Gasteiger partial charge in [-0.05, 0) is 50.0 Å². The number of methoxy groups -OCH3 is 1. The molecule has 0 unspecified atom stereocenters. The Morgan fingerprint density at radius 1 is 1.26 bits per heavy atom. The lowest BCUT2D eigenvalue weighted by Crippen LogP contribution is -2.54. The highest BCUT2D eigenvalue weighted by Crippen LogP contribution is 2.30. The highest BCUT2D eigenvalue weighted by atomic mass is 16.6. The predicted octanol–water partition coefficient (Wildman–Crippen LogP) is 0.885. The number of rotatable bonds is 5. The van der Waals surface area contributed by atoms with Gasteiger partial charge in [-0.1, -0.05) is 6.07 Å².